The maximum Gasteiger partial charge on any atom is 0.281 e. The van der Waals surface area contributed by atoms with E-state index in [1.807, 2.05) is 6.92 Å². The van der Waals surface area contributed by atoms with Gasteiger partial charge in [0.2, 0.25) is 0 Å². The second-order valence-electron chi connectivity index (χ2n) is 4.07. The lowest BCUT2D eigenvalue weighted by atomic mass is 10.3. The molecule has 0 aromatic carbocycles. The molecule has 17 heavy (non-hydrogen) atoms. The molecule has 0 bridgehead atoms. The van der Waals surface area contributed by atoms with Crippen LogP contribution < -0.4 is 5.32 Å². The largest absolute Gasteiger partial charge is 0.381 e. The number of hydrogen-bond acceptors (Lipinski definition) is 4. The summed E-state index contributed by atoms with van der Waals surface area (Å²) in [5.74, 6) is 0. The van der Waals surface area contributed by atoms with E-state index in [0.717, 1.165) is 25.9 Å². The van der Waals surface area contributed by atoms with Crippen LogP contribution in [0.1, 0.15) is 46.0 Å². The Morgan fingerprint density at radius 1 is 1.18 bits per heavy atom. The zero-order valence-corrected chi connectivity index (χ0v) is 11.6. The standard InChI is InChI=1S/C11H25NO4S/c1-3-5-9-16-10-6-8-12-11(7-4-2)17(13,14)15/h11-12H,3-10H2,1-2H3,(H,13,14,15). The van der Waals surface area contributed by atoms with E-state index in [-0.39, 0.29) is 0 Å². The van der Waals surface area contributed by atoms with Crippen molar-refractivity contribution in [1.82, 2.24) is 5.32 Å². The van der Waals surface area contributed by atoms with Gasteiger partial charge in [-0.05, 0) is 25.8 Å². The molecule has 0 amide bonds. The van der Waals surface area contributed by atoms with Crippen LogP contribution in [0.15, 0.2) is 0 Å². The lowest BCUT2D eigenvalue weighted by Gasteiger charge is -2.14. The summed E-state index contributed by atoms with van der Waals surface area (Å²) in [6.07, 6.45) is 4.05. The van der Waals surface area contributed by atoms with Crippen molar-refractivity contribution in [1.29, 1.82) is 0 Å². The molecule has 0 radical (unpaired) electrons. The summed E-state index contributed by atoms with van der Waals surface area (Å²) in [5, 5.41) is 1.99. The zero-order chi connectivity index (χ0) is 13.1. The summed E-state index contributed by atoms with van der Waals surface area (Å²) >= 11 is 0. The van der Waals surface area contributed by atoms with Crippen molar-refractivity contribution < 1.29 is 17.7 Å². The van der Waals surface area contributed by atoms with Crippen LogP contribution in [0.5, 0.6) is 0 Å². The van der Waals surface area contributed by atoms with E-state index in [0.29, 0.717) is 26.0 Å². The molecular formula is C11H25NO4S. The number of rotatable bonds is 11. The monoisotopic (exact) mass is 267 g/mol. The Labute approximate surface area is 105 Å². The van der Waals surface area contributed by atoms with Gasteiger partial charge in [-0.25, -0.2) is 0 Å². The summed E-state index contributed by atoms with van der Waals surface area (Å²) in [4.78, 5) is 0. The SMILES string of the molecule is CCCCOCCCNC(CCC)S(=O)(=O)O. The minimum atomic E-state index is -3.98. The highest BCUT2D eigenvalue weighted by molar-refractivity contribution is 7.86. The highest BCUT2D eigenvalue weighted by atomic mass is 32.2. The first kappa shape index (κ1) is 16.8. The average molecular weight is 267 g/mol. The third kappa shape index (κ3) is 9.52. The molecule has 5 nitrogen and oxygen atoms in total. The van der Waals surface area contributed by atoms with Crippen molar-refractivity contribution in [2.45, 2.75) is 51.3 Å². The van der Waals surface area contributed by atoms with Crippen LogP contribution in [-0.4, -0.2) is 38.1 Å². The molecule has 1 unspecified atom stereocenters. The van der Waals surface area contributed by atoms with Gasteiger partial charge >= 0.3 is 0 Å². The third-order valence-electron chi connectivity index (χ3n) is 2.39. The Morgan fingerprint density at radius 3 is 2.35 bits per heavy atom. The predicted molar refractivity (Wildman–Crippen MR) is 68.6 cm³/mol. The molecule has 2 N–H and O–H groups in total. The molecule has 0 aromatic heterocycles. The Hall–Kier alpha value is -0.170. The minimum Gasteiger partial charge on any atom is -0.381 e. The van der Waals surface area contributed by atoms with Crippen LogP contribution in [0.4, 0.5) is 0 Å². The van der Waals surface area contributed by atoms with Crippen LogP contribution >= 0.6 is 0 Å². The van der Waals surface area contributed by atoms with E-state index >= 15 is 0 Å². The molecule has 0 aliphatic carbocycles. The van der Waals surface area contributed by atoms with Crippen molar-refractivity contribution in [3.63, 3.8) is 0 Å². The van der Waals surface area contributed by atoms with Gasteiger partial charge in [-0.3, -0.25) is 9.87 Å². The molecule has 104 valence electrons. The summed E-state index contributed by atoms with van der Waals surface area (Å²) in [6, 6.07) is 0. The molecule has 0 aromatic rings. The van der Waals surface area contributed by atoms with Gasteiger partial charge in [-0.15, -0.1) is 0 Å². The molecule has 6 heteroatoms. The Morgan fingerprint density at radius 2 is 1.82 bits per heavy atom. The molecule has 1 atom stereocenters. The third-order valence-corrected chi connectivity index (χ3v) is 3.51. The van der Waals surface area contributed by atoms with Crippen LogP contribution in [0.3, 0.4) is 0 Å². The van der Waals surface area contributed by atoms with E-state index in [1.165, 1.54) is 0 Å². The van der Waals surface area contributed by atoms with E-state index in [4.69, 9.17) is 9.29 Å². The maximum atomic E-state index is 11.0. The highest BCUT2D eigenvalue weighted by Crippen LogP contribution is 2.03. The Kier molecular flexibility index (Phi) is 9.72. The van der Waals surface area contributed by atoms with Gasteiger partial charge in [0.1, 0.15) is 5.37 Å². The van der Waals surface area contributed by atoms with E-state index in [2.05, 4.69) is 12.2 Å². The maximum absolute atomic E-state index is 11.0. The van der Waals surface area contributed by atoms with Gasteiger partial charge in [0.15, 0.2) is 0 Å². The molecule has 0 fully saturated rings. The quantitative estimate of drug-likeness (QED) is 0.441. The first-order chi connectivity index (χ1) is 8.02. The summed E-state index contributed by atoms with van der Waals surface area (Å²) in [5.41, 5.74) is 0. The molecule has 0 spiro atoms. The Balaban J connectivity index is 3.62. The van der Waals surface area contributed by atoms with Gasteiger partial charge in [-0.2, -0.15) is 8.42 Å². The predicted octanol–water partition coefficient (Wildman–Crippen LogP) is 1.80. The first-order valence-corrected chi connectivity index (χ1v) is 7.80. The molecular weight excluding hydrogens is 242 g/mol. The van der Waals surface area contributed by atoms with Gasteiger partial charge in [0, 0.05) is 13.2 Å². The summed E-state index contributed by atoms with van der Waals surface area (Å²) < 4.78 is 36.3. The zero-order valence-electron chi connectivity index (χ0n) is 10.8. The van der Waals surface area contributed by atoms with Crippen molar-refractivity contribution in [3.8, 4) is 0 Å². The lowest BCUT2D eigenvalue weighted by Crippen LogP contribution is -2.37. The molecule has 0 saturated heterocycles. The number of nitrogens with one attached hydrogen (secondary N) is 1. The molecule has 0 heterocycles. The van der Waals surface area contributed by atoms with Gasteiger partial charge < -0.3 is 4.74 Å². The van der Waals surface area contributed by atoms with Crippen molar-refractivity contribution in [2.24, 2.45) is 0 Å². The molecule has 0 aliphatic heterocycles. The molecule has 0 aliphatic rings. The van der Waals surface area contributed by atoms with Gasteiger partial charge in [-0.1, -0.05) is 26.7 Å². The van der Waals surface area contributed by atoms with Crippen LogP contribution in [0.2, 0.25) is 0 Å². The van der Waals surface area contributed by atoms with Crippen LogP contribution in [-0.2, 0) is 14.9 Å². The normalized spacial score (nSPS) is 13.8. The lowest BCUT2D eigenvalue weighted by molar-refractivity contribution is 0.128. The highest BCUT2D eigenvalue weighted by Gasteiger charge is 2.20. The van der Waals surface area contributed by atoms with Crippen molar-refractivity contribution in [3.05, 3.63) is 0 Å². The van der Waals surface area contributed by atoms with E-state index in [1.54, 1.807) is 0 Å². The smallest absolute Gasteiger partial charge is 0.281 e. The average Bonchev–Trinajstić information content (AvgIpc) is 2.25. The number of ether oxygens (including phenoxy) is 1. The Bertz CT molecular complexity index is 267. The van der Waals surface area contributed by atoms with Gasteiger partial charge in [0.05, 0.1) is 0 Å². The molecule has 0 rings (SSSR count). The topological polar surface area (TPSA) is 75.6 Å². The van der Waals surface area contributed by atoms with Crippen LogP contribution in [0, 0.1) is 0 Å². The fourth-order valence-electron chi connectivity index (χ4n) is 1.40. The summed E-state index contributed by atoms with van der Waals surface area (Å²) in [6.45, 7) is 5.90. The van der Waals surface area contributed by atoms with Crippen molar-refractivity contribution in [2.75, 3.05) is 19.8 Å². The second kappa shape index (κ2) is 9.82. The first-order valence-electron chi connectivity index (χ1n) is 6.29. The van der Waals surface area contributed by atoms with Crippen LogP contribution in [0.25, 0.3) is 0 Å². The fraction of sp³-hybridized carbons (Fsp3) is 1.00. The number of unbranched alkanes of at least 4 members (excludes halogenated alkanes) is 1. The van der Waals surface area contributed by atoms with Crippen molar-refractivity contribution >= 4 is 10.1 Å². The minimum absolute atomic E-state index is 0.426. The summed E-state index contributed by atoms with van der Waals surface area (Å²) in [7, 11) is -3.98. The van der Waals surface area contributed by atoms with E-state index < -0.39 is 15.5 Å². The second-order valence-corrected chi connectivity index (χ2v) is 5.66. The van der Waals surface area contributed by atoms with Gasteiger partial charge in [0.25, 0.3) is 10.1 Å². The fourth-order valence-corrected chi connectivity index (χ4v) is 2.27. The number of hydrogen-bond donors (Lipinski definition) is 2. The van der Waals surface area contributed by atoms with E-state index in [9.17, 15) is 8.42 Å². The molecule has 0 saturated carbocycles.